The number of thioether (sulfide) groups is 1. The monoisotopic (exact) mass is 396 g/mol. The van der Waals surface area contributed by atoms with Crippen molar-refractivity contribution in [3.05, 3.63) is 58.4 Å². The summed E-state index contributed by atoms with van der Waals surface area (Å²) in [4.78, 5) is 25.9. The number of benzene rings is 2. The first-order chi connectivity index (χ1) is 12.9. The number of hydrogen-bond donors (Lipinski definition) is 1. The molecule has 1 aromatic heterocycles. The van der Waals surface area contributed by atoms with E-state index in [0.717, 1.165) is 28.5 Å². The van der Waals surface area contributed by atoms with Crippen LogP contribution in [-0.4, -0.2) is 26.1 Å². The number of nitro groups is 1. The van der Waals surface area contributed by atoms with Gasteiger partial charge in [0.2, 0.25) is 11.7 Å². The van der Waals surface area contributed by atoms with Crippen LogP contribution >= 0.6 is 11.8 Å². The second kappa shape index (κ2) is 7.66. The van der Waals surface area contributed by atoms with E-state index in [1.807, 2.05) is 0 Å². The van der Waals surface area contributed by atoms with Gasteiger partial charge in [-0.3, -0.25) is 19.5 Å². The van der Waals surface area contributed by atoms with Gasteiger partial charge in [0.1, 0.15) is 0 Å². The molecule has 11 heteroatoms. The van der Waals surface area contributed by atoms with Gasteiger partial charge in [0, 0.05) is 11.8 Å². The van der Waals surface area contributed by atoms with Crippen molar-refractivity contribution in [1.82, 2.24) is 9.55 Å². The average molecular weight is 396 g/mol. The lowest BCUT2D eigenvalue weighted by Gasteiger charge is -2.08. The minimum atomic E-state index is -2.83. The van der Waals surface area contributed by atoms with Crippen LogP contribution in [0.25, 0.3) is 11.0 Å². The maximum Gasteiger partial charge on any atom is 0.321 e. The number of alkyl halides is 2. The standard InChI is InChI=1S/C16H11F3N4O3S/c17-10-6-5-9(7-13(10)23(25)26)20-14(24)8-27-16-21-11-3-1-2-4-12(11)22(16)15(18)19/h1-7,15H,8H2,(H,20,24). The number of anilines is 1. The summed E-state index contributed by atoms with van der Waals surface area (Å²) < 4.78 is 40.7. The van der Waals surface area contributed by atoms with E-state index in [1.165, 1.54) is 12.1 Å². The highest BCUT2D eigenvalue weighted by molar-refractivity contribution is 7.99. The second-order valence-electron chi connectivity index (χ2n) is 5.29. The van der Waals surface area contributed by atoms with E-state index < -0.39 is 28.9 Å². The molecule has 0 aliphatic heterocycles. The van der Waals surface area contributed by atoms with Gasteiger partial charge in [0.25, 0.3) is 0 Å². The number of halogens is 3. The lowest BCUT2D eigenvalue weighted by atomic mass is 10.2. The Hall–Kier alpha value is -3.08. The van der Waals surface area contributed by atoms with E-state index in [-0.39, 0.29) is 22.1 Å². The molecule has 0 spiro atoms. The molecule has 0 aliphatic rings. The van der Waals surface area contributed by atoms with Crippen LogP contribution in [0.1, 0.15) is 6.55 Å². The highest BCUT2D eigenvalue weighted by Gasteiger charge is 2.19. The van der Waals surface area contributed by atoms with Crippen molar-refractivity contribution in [2.24, 2.45) is 0 Å². The molecule has 0 unspecified atom stereocenters. The van der Waals surface area contributed by atoms with Crippen molar-refractivity contribution in [3.63, 3.8) is 0 Å². The topological polar surface area (TPSA) is 90.1 Å². The minimum absolute atomic E-state index is 0.0241. The molecule has 1 amide bonds. The summed E-state index contributed by atoms with van der Waals surface area (Å²) in [5.74, 6) is -1.90. The molecule has 7 nitrogen and oxygen atoms in total. The molecule has 3 rings (SSSR count). The van der Waals surface area contributed by atoms with E-state index >= 15 is 0 Å². The third-order valence-electron chi connectivity index (χ3n) is 3.52. The molecule has 1 heterocycles. The Balaban J connectivity index is 1.73. The number of nitrogens with one attached hydrogen (secondary N) is 1. The van der Waals surface area contributed by atoms with Gasteiger partial charge in [-0.25, -0.2) is 4.98 Å². The van der Waals surface area contributed by atoms with Crippen molar-refractivity contribution < 1.29 is 22.9 Å². The van der Waals surface area contributed by atoms with Gasteiger partial charge in [-0.2, -0.15) is 13.2 Å². The average Bonchev–Trinajstić information content (AvgIpc) is 3.00. The van der Waals surface area contributed by atoms with Gasteiger partial charge in [-0.05, 0) is 24.3 Å². The summed E-state index contributed by atoms with van der Waals surface area (Å²) in [5, 5.41) is 13.0. The number of para-hydroxylation sites is 2. The molecule has 140 valence electrons. The summed E-state index contributed by atoms with van der Waals surface area (Å²) in [6.07, 6.45) is 0. The number of fused-ring (bicyclic) bond motifs is 1. The van der Waals surface area contributed by atoms with Crippen molar-refractivity contribution in [2.45, 2.75) is 11.7 Å². The zero-order chi connectivity index (χ0) is 19.6. The van der Waals surface area contributed by atoms with Crippen LogP contribution in [0.5, 0.6) is 0 Å². The van der Waals surface area contributed by atoms with Crippen LogP contribution < -0.4 is 5.32 Å². The fraction of sp³-hybridized carbons (Fsp3) is 0.125. The van der Waals surface area contributed by atoms with Crippen LogP contribution in [0.2, 0.25) is 0 Å². The van der Waals surface area contributed by atoms with Gasteiger partial charge in [-0.1, -0.05) is 23.9 Å². The normalized spacial score (nSPS) is 11.1. The fourth-order valence-electron chi connectivity index (χ4n) is 2.37. The molecule has 3 aromatic rings. The quantitative estimate of drug-likeness (QED) is 0.383. The van der Waals surface area contributed by atoms with Gasteiger partial charge in [0.15, 0.2) is 5.16 Å². The van der Waals surface area contributed by atoms with E-state index in [9.17, 15) is 28.1 Å². The number of nitro benzene ring substituents is 1. The maximum atomic E-state index is 13.3. The number of amides is 1. The third kappa shape index (κ3) is 4.03. The number of imidazole rings is 1. The molecule has 0 aliphatic carbocycles. The molecule has 2 aromatic carbocycles. The molecule has 0 saturated heterocycles. The lowest BCUT2D eigenvalue weighted by Crippen LogP contribution is -2.15. The Morgan fingerprint density at radius 2 is 2.04 bits per heavy atom. The smallest absolute Gasteiger partial charge is 0.321 e. The first kappa shape index (κ1) is 18.7. The molecule has 1 N–H and O–H groups in total. The fourth-order valence-corrected chi connectivity index (χ4v) is 3.18. The molecular formula is C16H11F3N4O3S. The Morgan fingerprint density at radius 3 is 2.74 bits per heavy atom. The Morgan fingerprint density at radius 1 is 1.30 bits per heavy atom. The zero-order valence-corrected chi connectivity index (χ0v) is 14.3. The van der Waals surface area contributed by atoms with Crippen molar-refractivity contribution in [3.8, 4) is 0 Å². The molecule has 0 fully saturated rings. The minimum Gasteiger partial charge on any atom is -0.325 e. The van der Waals surface area contributed by atoms with E-state index in [1.54, 1.807) is 18.2 Å². The van der Waals surface area contributed by atoms with Crippen LogP contribution in [-0.2, 0) is 4.79 Å². The van der Waals surface area contributed by atoms with Crippen LogP contribution in [0.3, 0.4) is 0 Å². The predicted molar refractivity (Wildman–Crippen MR) is 93.4 cm³/mol. The highest BCUT2D eigenvalue weighted by atomic mass is 32.2. The van der Waals surface area contributed by atoms with Crippen LogP contribution in [0.4, 0.5) is 24.5 Å². The molecule has 0 saturated carbocycles. The summed E-state index contributed by atoms with van der Waals surface area (Å²) >= 11 is 0.794. The van der Waals surface area contributed by atoms with Gasteiger partial charge in [0.05, 0.1) is 21.7 Å². The number of carbonyl (C=O) groups excluding carboxylic acids is 1. The lowest BCUT2D eigenvalue weighted by molar-refractivity contribution is -0.387. The Labute approximate surface area is 154 Å². The summed E-state index contributed by atoms with van der Waals surface area (Å²) in [7, 11) is 0. The SMILES string of the molecule is O=C(CSc1nc2ccccc2n1C(F)F)Nc1ccc(F)c([N+](=O)[O-])c1. The van der Waals surface area contributed by atoms with Gasteiger partial charge >= 0.3 is 12.2 Å². The molecule has 27 heavy (non-hydrogen) atoms. The second-order valence-corrected chi connectivity index (χ2v) is 6.23. The summed E-state index contributed by atoms with van der Waals surface area (Å²) in [6.45, 7) is -2.83. The summed E-state index contributed by atoms with van der Waals surface area (Å²) in [5.41, 5.74) is -0.143. The molecule has 0 radical (unpaired) electrons. The highest BCUT2D eigenvalue weighted by Crippen LogP contribution is 2.29. The van der Waals surface area contributed by atoms with Crippen molar-refractivity contribution in [2.75, 3.05) is 11.1 Å². The van der Waals surface area contributed by atoms with E-state index in [0.29, 0.717) is 5.52 Å². The number of hydrogen-bond acceptors (Lipinski definition) is 5. The maximum absolute atomic E-state index is 13.3. The third-order valence-corrected chi connectivity index (χ3v) is 4.47. The first-order valence-corrected chi connectivity index (χ1v) is 8.47. The molecular weight excluding hydrogens is 385 g/mol. The van der Waals surface area contributed by atoms with Gasteiger partial charge < -0.3 is 5.32 Å². The molecule has 0 bridgehead atoms. The summed E-state index contributed by atoms with van der Waals surface area (Å²) in [6, 6.07) is 9.24. The van der Waals surface area contributed by atoms with E-state index in [2.05, 4.69) is 10.3 Å². The van der Waals surface area contributed by atoms with Crippen LogP contribution in [0.15, 0.2) is 47.6 Å². The molecule has 0 atom stereocenters. The Bertz CT molecular complexity index is 1030. The van der Waals surface area contributed by atoms with Crippen molar-refractivity contribution in [1.29, 1.82) is 0 Å². The number of nitrogens with zero attached hydrogens (tertiary/aromatic N) is 3. The first-order valence-electron chi connectivity index (χ1n) is 7.48. The number of carbonyl (C=O) groups is 1. The van der Waals surface area contributed by atoms with Crippen molar-refractivity contribution >= 4 is 40.1 Å². The predicted octanol–water partition coefficient (Wildman–Crippen LogP) is 4.21. The number of aromatic nitrogens is 2. The van der Waals surface area contributed by atoms with Crippen LogP contribution in [0, 0.1) is 15.9 Å². The van der Waals surface area contributed by atoms with E-state index in [4.69, 9.17) is 0 Å². The van der Waals surface area contributed by atoms with Gasteiger partial charge in [-0.15, -0.1) is 0 Å². The largest absolute Gasteiger partial charge is 0.325 e. The number of rotatable bonds is 6. The zero-order valence-electron chi connectivity index (χ0n) is 13.4. The Kier molecular flexibility index (Phi) is 5.31.